The Morgan fingerprint density at radius 1 is 1.38 bits per heavy atom. The molecule has 21 heavy (non-hydrogen) atoms. The summed E-state index contributed by atoms with van der Waals surface area (Å²) in [6.45, 7) is 5.97. The molecule has 2 atom stereocenters. The van der Waals surface area contributed by atoms with E-state index in [0.717, 1.165) is 18.4 Å². The van der Waals surface area contributed by atoms with E-state index in [9.17, 15) is 9.18 Å². The summed E-state index contributed by atoms with van der Waals surface area (Å²) >= 11 is 3.16. The van der Waals surface area contributed by atoms with Gasteiger partial charge in [0.15, 0.2) is 0 Å². The summed E-state index contributed by atoms with van der Waals surface area (Å²) in [6.07, 6.45) is 2.04. The molecule has 1 saturated heterocycles. The van der Waals surface area contributed by atoms with Gasteiger partial charge in [-0.05, 0) is 67.2 Å². The molecule has 0 radical (unpaired) electrons. The van der Waals surface area contributed by atoms with Crippen LogP contribution in [0.15, 0.2) is 22.7 Å². The minimum absolute atomic E-state index is 0.0868. The highest BCUT2D eigenvalue weighted by Gasteiger charge is 2.39. The van der Waals surface area contributed by atoms with Crippen molar-refractivity contribution in [1.29, 1.82) is 0 Å². The standard InChI is InChI=1S/C16H22BrFN2O/c1-16(2,3)20-14(21)6-4-5-13(19)15(20)10-7-8-11(17)12(18)9-10/h7-9,13,15H,4-6,19H2,1-3H3. The summed E-state index contributed by atoms with van der Waals surface area (Å²) in [5.41, 5.74) is 6.72. The van der Waals surface area contributed by atoms with Crippen LogP contribution in [0, 0.1) is 5.82 Å². The molecule has 1 amide bonds. The van der Waals surface area contributed by atoms with Crippen LogP contribution in [0.3, 0.4) is 0 Å². The van der Waals surface area contributed by atoms with E-state index in [2.05, 4.69) is 15.9 Å². The van der Waals surface area contributed by atoms with Crippen molar-refractivity contribution in [3.63, 3.8) is 0 Å². The molecule has 5 heteroatoms. The first-order valence-electron chi connectivity index (χ1n) is 7.24. The summed E-state index contributed by atoms with van der Waals surface area (Å²) < 4.78 is 14.3. The number of hydrogen-bond donors (Lipinski definition) is 1. The van der Waals surface area contributed by atoms with E-state index in [4.69, 9.17) is 5.73 Å². The van der Waals surface area contributed by atoms with Gasteiger partial charge in [-0.2, -0.15) is 0 Å². The third-order valence-corrected chi connectivity index (χ3v) is 4.53. The Morgan fingerprint density at radius 3 is 2.62 bits per heavy atom. The largest absolute Gasteiger partial charge is 0.329 e. The van der Waals surface area contributed by atoms with Gasteiger partial charge in [-0.25, -0.2) is 4.39 Å². The first-order chi connectivity index (χ1) is 9.71. The SMILES string of the molecule is CC(C)(C)N1C(=O)CCCC(N)C1c1ccc(Br)c(F)c1. The maximum Gasteiger partial charge on any atom is 0.223 e. The van der Waals surface area contributed by atoms with Crippen LogP contribution < -0.4 is 5.73 Å². The number of hydrogen-bond acceptors (Lipinski definition) is 2. The van der Waals surface area contributed by atoms with Crippen molar-refractivity contribution in [2.24, 2.45) is 5.73 Å². The van der Waals surface area contributed by atoms with E-state index in [1.807, 2.05) is 31.7 Å². The number of benzene rings is 1. The van der Waals surface area contributed by atoms with Gasteiger partial charge in [-0.15, -0.1) is 0 Å². The molecular weight excluding hydrogens is 335 g/mol. The Hall–Kier alpha value is -0.940. The normalized spacial score (nSPS) is 24.1. The van der Waals surface area contributed by atoms with Crippen LogP contribution in [0.25, 0.3) is 0 Å². The zero-order valence-corrected chi connectivity index (χ0v) is 14.3. The maximum atomic E-state index is 13.9. The fourth-order valence-corrected chi connectivity index (χ4v) is 3.24. The second kappa shape index (κ2) is 6.05. The number of likely N-dealkylation sites (tertiary alicyclic amines) is 1. The highest BCUT2D eigenvalue weighted by atomic mass is 79.9. The first-order valence-corrected chi connectivity index (χ1v) is 8.04. The van der Waals surface area contributed by atoms with E-state index >= 15 is 0 Å². The molecule has 1 aliphatic rings. The van der Waals surface area contributed by atoms with E-state index in [-0.39, 0.29) is 29.3 Å². The smallest absolute Gasteiger partial charge is 0.223 e. The van der Waals surface area contributed by atoms with Crippen LogP contribution in [0.2, 0.25) is 0 Å². The van der Waals surface area contributed by atoms with E-state index in [1.54, 1.807) is 6.07 Å². The number of rotatable bonds is 1. The molecule has 0 aromatic heterocycles. The van der Waals surface area contributed by atoms with Crippen LogP contribution in [0.4, 0.5) is 4.39 Å². The average Bonchev–Trinajstić information content (AvgIpc) is 2.51. The van der Waals surface area contributed by atoms with Crippen molar-refractivity contribution in [3.8, 4) is 0 Å². The first kappa shape index (κ1) is 16.4. The Bertz CT molecular complexity index is 542. The third-order valence-electron chi connectivity index (χ3n) is 3.89. The average molecular weight is 357 g/mol. The van der Waals surface area contributed by atoms with Crippen molar-refractivity contribution >= 4 is 21.8 Å². The van der Waals surface area contributed by atoms with E-state index in [0.29, 0.717) is 10.9 Å². The molecule has 1 heterocycles. The molecule has 1 aliphatic heterocycles. The molecule has 0 bridgehead atoms. The van der Waals surface area contributed by atoms with Gasteiger partial charge in [0, 0.05) is 18.0 Å². The monoisotopic (exact) mass is 356 g/mol. The van der Waals surface area contributed by atoms with Gasteiger partial charge in [0.1, 0.15) is 5.82 Å². The van der Waals surface area contributed by atoms with E-state index < -0.39 is 0 Å². The number of nitrogens with two attached hydrogens (primary N) is 1. The highest BCUT2D eigenvalue weighted by Crippen LogP contribution is 2.36. The van der Waals surface area contributed by atoms with Crippen LogP contribution in [0.5, 0.6) is 0 Å². The lowest BCUT2D eigenvalue weighted by atomic mass is 9.92. The predicted octanol–water partition coefficient (Wildman–Crippen LogP) is 3.77. The molecule has 0 aliphatic carbocycles. The second-order valence-electron chi connectivity index (χ2n) is 6.61. The van der Waals surface area contributed by atoms with Gasteiger partial charge < -0.3 is 10.6 Å². The van der Waals surface area contributed by atoms with Crippen LogP contribution >= 0.6 is 15.9 Å². The van der Waals surface area contributed by atoms with Crippen molar-refractivity contribution in [1.82, 2.24) is 4.90 Å². The minimum atomic E-state index is -0.354. The van der Waals surface area contributed by atoms with Gasteiger partial charge in [0.2, 0.25) is 5.91 Å². The molecule has 1 aromatic carbocycles. The molecular formula is C16H22BrFN2O. The number of carbonyl (C=O) groups excluding carboxylic acids is 1. The quantitative estimate of drug-likeness (QED) is 0.832. The Kier molecular flexibility index (Phi) is 4.73. The van der Waals surface area contributed by atoms with Gasteiger partial charge in [-0.1, -0.05) is 6.07 Å². The second-order valence-corrected chi connectivity index (χ2v) is 7.46. The molecule has 3 nitrogen and oxygen atoms in total. The zero-order valence-electron chi connectivity index (χ0n) is 12.7. The number of carbonyl (C=O) groups is 1. The lowest BCUT2D eigenvalue weighted by Crippen LogP contribution is -2.51. The lowest BCUT2D eigenvalue weighted by Gasteiger charge is -2.43. The summed E-state index contributed by atoms with van der Waals surface area (Å²) in [5, 5.41) is 0. The van der Waals surface area contributed by atoms with Crippen molar-refractivity contribution in [2.45, 2.75) is 57.7 Å². The fraction of sp³-hybridized carbons (Fsp3) is 0.562. The summed E-state index contributed by atoms with van der Waals surface area (Å²) in [6, 6.07) is 4.52. The van der Waals surface area contributed by atoms with Gasteiger partial charge in [0.25, 0.3) is 0 Å². The number of nitrogens with zero attached hydrogens (tertiary/aromatic N) is 1. The van der Waals surface area contributed by atoms with Crippen molar-refractivity contribution in [2.75, 3.05) is 0 Å². The molecule has 1 aromatic rings. The lowest BCUT2D eigenvalue weighted by molar-refractivity contribution is -0.139. The number of halogens is 2. The molecule has 116 valence electrons. The Morgan fingerprint density at radius 2 is 2.05 bits per heavy atom. The zero-order chi connectivity index (χ0) is 15.8. The van der Waals surface area contributed by atoms with Gasteiger partial charge in [0.05, 0.1) is 10.5 Å². The highest BCUT2D eigenvalue weighted by molar-refractivity contribution is 9.10. The fourth-order valence-electron chi connectivity index (χ4n) is 3.00. The molecule has 2 unspecified atom stereocenters. The van der Waals surface area contributed by atoms with E-state index in [1.165, 1.54) is 6.07 Å². The van der Waals surface area contributed by atoms with Gasteiger partial charge in [-0.3, -0.25) is 4.79 Å². The molecule has 0 saturated carbocycles. The van der Waals surface area contributed by atoms with Crippen LogP contribution in [-0.4, -0.2) is 22.4 Å². The molecule has 0 spiro atoms. The van der Waals surface area contributed by atoms with Crippen molar-refractivity contribution < 1.29 is 9.18 Å². The predicted molar refractivity (Wildman–Crippen MR) is 85.3 cm³/mol. The Labute approximate surface area is 133 Å². The minimum Gasteiger partial charge on any atom is -0.329 e. The summed E-state index contributed by atoms with van der Waals surface area (Å²) in [7, 11) is 0. The third kappa shape index (κ3) is 3.46. The van der Waals surface area contributed by atoms with Gasteiger partial charge >= 0.3 is 0 Å². The molecule has 2 rings (SSSR count). The summed E-state index contributed by atoms with van der Waals surface area (Å²) in [5.74, 6) is -0.242. The topological polar surface area (TPSA) is 46.3 Å². The number of amides is 1. The molecule has 1 fully saturated rings. The van der Waals surface area contributed by atoms with Crippen molar-refractivity contribution in [3.05, 3.63) is 34.1 Å². The Balaban J connectivity index is 2.51. The summed E-state index contributed by atoms with van der Waals surface area (Å²) in [4.78, 5) is 14.3. The van der Waals surface area contributed by atoms with Crippen LogP contribution in [-0.2, 0) is 4.79 Å². The van der Waals surface area contributed by atoms with Crippen LogP contribution in [0.1, 0.15) is 51.6 Å². The maximum absolute atomic E-state index is 13.9. The molecule has 2 N–H and O–H groups in total.